The molecule has 3 unspecified atom stereocenters. The number of amides is 3. The van der Waals surface area contributed by atoms with Crippen molar-refractivity contribution in [2.45, 2.75) is 38.0 Å². The highest BCUT2D eigenvalue weighted by Gasteiger charge is 2.30. The van der Waals surface area contributed by atoms with Crippen molar-refractivity contribution in [3.63, 3.8) is 0 Å². The van der Waals surface area contributed by atoms with Crippen LogP contribution in [0.25, 0.3) is 0 Å². The van der Waals surface area contributed by atoms with E-state index in [9.17, 15) is 29.1 Å². The molecule has 3 amide bonds. The zero-order valence-corrected chi connectivity index (χ0v) is 13.5. The molecular formula is C13H22N4O8. The Bertz CT molecular complexity index is 522. The number of hydrogen-bond acceptors (Lipinski definition) is 7. The first-order chi connectivity index (χ1) is 11.6. The molecule has 12 heteroatoms. The van der Waals surface area contributed by atoms with E-state index in [-0.39, 0.29) is 6.42 Å². The average Bonchev–Trinajstić information content (AvgIpc) is 2.52. The maximum atomic E-state index is 12.2. The number of nitrogens with two attached hydrogens (primary N) is 1. The normalized spacial score (nSPS) is 13.9. The van der Waals surface area contributed by atoms with E-state index in [1.807, 2.05) is 5.32 Å². The summed E-state index contributed by atoms with van der Waals surface area (Å²) in [6, 6.07) is -2.78. The van der Waals surface area contributed by atoms with Crippen LogP contribution in [0.5, 0.6) is 0 Å². The molecule has 0 aromatic heterocycles. The minimum Gasteiger partial charge on any atom is -0.481 e. The number of carbonyl (C=O) groups excluding carboxylic acids is 3. The van der Waals surface area contributed by atoms with Crippen molar-refractivity contribution in [2.24, 2.45) is 5.73 Å². The van der Waals surface area contributed by atoms with Gasteiger partial charge in [-0.1, -0.05) is 0 Å². The summed E-state index contributed by atoms with van der Waals surface area (Å²) in [5.74, 6) is -5.11. The Morgan fingerprint density at radius 1 is 1.00 bits per heavy atom. The maximum Gasteiger partial charge on any atom is 0.322 e. The highest BCUT2D eigenvalue weighted by Crippen LogP contribution is 2.01. The summed E-state index contributed by atoms with van der Waals surface area (Å²) in [6.07, 6.45) is -2.08. The first-order valence-corrected chi connectivity index (χ1v) is 7.27. The van der Waals surface area contributed by atoms with E-state index in [2.05, 4.69) is 10.6 Å². The highest BCUT2D eigenvalue weighted by atomic mass is 16.4. The van der Waals surface area contributed by atoms with Crippen molar-refractivity contribution in [1.29, 1.82) is 0 Å². The minimum absolute atomic E-state index is 0.268. The van der Waals surface area contributed by atoms with E-state index in [1.165, 1.54) is 6.92 Å². The molecule has 0 bridgehead atoms. The lowest BCUT2D eigenvalue weighted by atomic mass is 10.1. The predicted octanol–water partition coefficient (Wildman–Crippen LogP) is -3.64. The van der Waals surface area contributed by atoms with E-state index in [0.29, 0.717) is 0 Å². The Morgan fingerprint density at radius 3 is 2.04 bits per heavy atom. The van der Waals surface area contributed by atoms with Crippen LogP contribution in [0.3, 0.4) is 0 Å². The van der Waals surface area contributed by atoms with Gasteiger partial charge in [0.2, 0.25) is 17.7 Å². The zero-order chi connectivity index (χ0) is 19.6. The van der Waals surface area contributed by atoms with E-state index in [1.54, 1.807) is 0 Å². The van der Waals surface area contributed by atoms with E-state index < -0.39 is 67.4 Å². The molecular weight excluding hydrogens is 340 g/mol. The molecule has 0 fully saturated rings. The summed E-state index contributed by atoms with van der Waals surface area (Å²) in [6.45, 7) is 0.0378. The topological polar surface area (TPSA) is 208 Å². The number of carboxylic acid groups (broad SMARTS) is 2. The van der Waals surface area contributed by atoms with Gasteiger partial charge in [-0.05, 0) is 13.3 Å². The molecule has 0 saturated heterocycles. The molecule has 0 aromatic rings. The fraction of sp³-hybridized carbons (Fsp3) is 0.615. The molecule has 3 atom stereocenters. The van der Waals surface area contributed by atoms with Crippen molar-refractivity contribution >= 4 is 29.7 Å². The molecule has 0 heterocycles. The van der Waals surface area contributed by atoms with Gasteiger partial charge in [-0.25, -0.2) is 0 Å². The number of rotatable bonds is 11. The molecule has 0 saturated carbocycles. The molecule has 0 radical (unpaired) electrons. The SMILES string of the molecule is CC(O)C(NC(=O)C(CCC(=O)O)NC(=O)CN)C(=O)NCC(=O)O. The fourth-order valence-corrected chi connectivity index (χ4v) is 1.72. The highest BCUT2D eigenvalue weighted by molar-refractivity contribution is 5.93. The fourth-order valence-electron chi connectivity index (χ4n) is 1.72. The minimum atomic E-state index is -1.49. The molecule has 0 aliphatic rings. The Kier molecular flexibility index (Phi) is 9.74. The predicted molar refractivity (Wildman–Crippen MR) is 82.1 cm³/mol. The second-order valence-electron chi connectivity index (χ2n) is 5.10. The first-order valence-electron chi connectivity index (χ1n) is 7.27. The standard InChI is InChI=1S/C13H22N4O8/c1-6(18)11(13(25)15-5-10(22)23)17-12(24)7(2-3-9(20)21)16-8(19)4-14/h6-7,11,18H,2-5,14H2,1H3,(H,15,25)(H,16,19)(H,17,24)(H,20,21)(H,22,23). The molecule has 25 heavy (non-hydrogen) atoms. The van der Waals surface area contributed by atoms with Crippen LogP contribution >= 0.6 is 0 Å². The van der Waals surface area contributed by atoms with Crippen molar-refractivity contribution in [2.75, 3.05) is 13.1 Å². The van der Waals surface area contributed by atoms with Crippen molar-refractivity contribution < 1.29 is 39.3 Å². The van der Waals surface area contributed by atoms with Crippen LogP contribution in [0.15, 0.2) is 0 Å². The first kappa shape index (κ1) is 22.3. The molecule has 0 aromatic carbocycles. The van der Waals surface area contributed by atoms with E-state index >= 15 is 0 Å². The van der Waals surface area contributed by atoms with E-state index in [0.717, 1.165) is 0 Å². The lowest BCUT2D eigenvalue weighted by Gasteiger charge is -2.24. The van der Waals surface area contributed by atoms with Crippen molar-refractivity contribution in [3.8, 4) is 0 Å². The summed E-state index contributed by atoms with van der Waals surface area (Å²) < 4.78 is 0. The van der Waals surface area contributed by atoms with Crippen LogP contribution in [0.4, 0.5) is 0 Å². The molecule has 12 nitrogen and oxygen atoms in total. The van der Waals surface area contributed by atoms with Gasteiger partial charge in [-0.2, -0.15) is 0 Å². The Hall–Kier alpha value is -2.73. The van der Waals surface area contributed by atoms with Crippen LogP contribution in [-0.4, -0.2) is 76.3 Å². The summed E-state index contributed by atoms with van der Waals surface area (Å²) in [5, 5.41) is 33.2. The molecule has 142 valence electrons. The van der Waals surface area contributed by atoms with Crippen molar-refractivity contribution in [1.82, 2.24) is 16.0 Å². The van der Waals surface area contributed by atoms with Gasteiger partial charge in [-0.3, -0.25) is 24.0 Å². The van der Waals surface area contributed by atoms with Gasteiger partial charge in [0.25, 0.3) is 0 Å². The van der Waals surface area contributed by atoms with Gasteiger partial charge < -0.3 is 37.0 Å². The Labute approximate surface area is 142 Å². The summed E-state index contributed by atoms with van der Waals surface area (Å²) in [5.41, 5.74) is 5.12. The second kappa shape index (κ2) is 10.9. The lowest BCUT2D eigenvalue weighted by Crippen LogP contribution is -2.58. The second-order valence-corrected chi connectivity index (χ2v) is 5.10. The zero-order valence-electron chi connectivity index (χ0n) is 13.5. The van der Waals surface area contributed by atoms with Crippen LogP contribution in [-0.2, 0) is 24.0 Å². The Morgan fingerprint density at radius 2 is 1.60 bits per heavy atom. The number of carbonyl (C=O) groups is 5. The summed E-state index contributed by atoms with van der Waals surface area (Å²) in [7, 11) is 0. The van der Waals surface area contributed by atoms with Crippen LogP contribution in [0.1, 0.15) is 19.8 Å². The van der Waals surface area contributed by atoms with Gasteiger partial charge in [-0.15, -0.1) is 0 Å². The number of nitrogens with one attached hydrogen (secondary N) is 3. The average molecular weight is 362 g/mol. The van der Waals surface area contributed by atoms with Gasteiger partial charge in [0.1, 0.15) is 18.6 Å². The molecule has 0 aliphatic heterocycles. The molecule has 0 aliphatic carbocycles. The van der Waals surface area contributed by atoms with Crippen molar-refractivity contribution in [3.05, 3.63) is 0 Å². The summed E-state index contributed by atoms with van der Waals surface area (Å²) in [4.78, 5) is 56.5. The maximum absolute atomic E-state index is 12.2. The molecule has 0 spiro atoms. The van der Waals surface area contributed by atoms with Gasteiger partial charge >= 0.3 is 11.9 Å². The number of hydrogen-bond donors (Lipinski definition) is 7. The lowest BCUT2D eigenvalue weighted by molar-refractivity contribution is -0.139. The van der Waals surface area contributed by atoms with Crippen LogP contribution in [0.2, 0.25) is 0 Å². The van der Waals surface area contributed by atoms with Gasteiger partial charge in [0.05, 0.1) is 12.6 Å². The van der Waals surface area contributed by atoms with E-state index in [4.69, 9.17) is 15.9 Å². The van der Waals surface area contributed by atoms with Crippen LogP contribution < -0.4 is 21.7 Å². The number of aliphatic hydroxyl groups excluding tert-OH is 1. The van der Waals surface area contributed by atoms with Gasteiger partial charge in [0, 0.05) is 6.42 Å². The van der Waals surface area contributed by atoms with Gasteiger partial charge in [0.15, 0.2) is 0 Å². The summed E-state index contributed by atoms with van der Waals surface area (Å²) >= 11 is 0. The largest absolute Gasteiger partial charge is 0.481 e. The number of carboxylic acids is 2. The number of aliphatic carboxylic acids is 2. The molecule has 0 rings (SSSR count). The Balaban J connectivity index is 5.03. The third-order valence-electron chi connectivity index (χ3n) is 2.96. The smallest absolute Gasteiger partial charge is 0.322 e. The monoisotopic (exact) mass is 362 g/mol. The number of aliphatic hydroxyl groups is 1. The third-order valence-corrected chi connectivity index (χ3v) is 2.96. The third kappa shape index (κ3) is 9.22. The van der Waals surface area contributed by atoms with Crippen LogP contribution in [0, 0.1) is 0 Å². The molecule has 8 N–H and O–H groups in total. The quantitative estimate of drug-likeness (QED) is 0.193.